The molecule has 4 aromatic rings. The second-order valence-corrected chi connectivity index (χ2v) is 8.50. The van der Waals surface area contributed by atoms with Crippen molar-refractivity contribution >= 4 is 23.2 Å². The van der Waals surface area contributed by atoms with Gasteiger partial charge in [0, 0.05) is 35.8 Å². The van der Waals surface area contributed by atoms with Crippen LogP contribution in [-0.2, 0) is 11.3 Å². The predicted molar refractivity (Wildman–Crippen MR) is 128 cm³/mol. The molecule has 1 aliphatic rings. The molecule has 4 heterocycles. The van der Waals surface area contributed by atoms with Crippen LogP contribution >= 0.6 is 0 Å². The SMILES string of the molecule is Cc1ccc(NC(=O)Cn2c(C)cc(=O)n3nc(-c4ccc(N5CCC5CO)nc4)nc23)cc1. The summed E-state index contributed by atoms with van der Waals surface area (Å²) in [6, 6.07) is 12.8. The molecule has 1 atom stereocenters. The molecule has 0 bridgehead atoms. The van der Waals surface area contributed by atoms with E-state index in [0.717, 1.165) is 24.3 Å². The fraction of sp³-hybridized carbons (Fsp3) is 0.292. The number of nitrogens with one attached hydrogen (secondary N) is 1. The van der Waals surface area contributed by atoms with Gasteiger partial charge in [-0.3, -0.25) is 9.59 Å². The van der Waals surface area contributed by atoms with Crippen LogP contribution in [0.4, 0.5) is 11.5 Å². The Morgan fingerprint density at radius 2 is 1.97 bits per heavy atom. The lowest BCUT2D eigenvalue weighted by Gasteiger charge is -2.40. The van der Waals surface area contributed by atoms with Crippen molar-refractivity contribution in [3.8, 4) is 11.4 Å². The van der Waals surface area contributed by atoms with Crippen LogP contribution in [-0.4, -0.2) is 54.4 Å². The summed E-state index contributed by atoms with van der Waals surface area (Å²) in [6.07, 6.45) is 2.60. The number of hydrogen-bond donors (Lipinski definition) is 2. The van der Waals surface area contributed by atoms with Crippen molar-refractivity contribution in [2.75, 3.05) is 23.4 Å². The van der Waals surface area contributed by atoms with Crippen LogP contribution in [0.1, 0.15) is 17.7 Å². The maximum atomic E-state index is 12.7. The van der Waals surface area contributed by atoms with Crippen LogP contribution in [0.5, 0.6) is 0 Å². The highest BCUT2D eigenvalue weighted by Gasteiger charge is 2.28. The summed E-state index contributed by atoms with van der Waals surface area (Å²) in [6.45, 7) is 4.68. The molecule has 0 spiro atoms. The van der Waals surface area contributed by atoms with Crippen molar-refractivity contribution in [1.82, 2.24) is 24.1 Å². The molecule has 3 aromatic heterocycles. The van der Waals surface area contributed by atoms with E-state index in [9.17, 15) is 14.7 Å². The molecule has 1 amide bonds. The Labute approximate surface area is 195 Å². The molecule has 1 aliphatic heterocycles. The van der Waals surface area contributed by atoms with Gasteiger partial charge in [0.05, 0.1) is 12.6 Å². The van der Waals surface area contributed by atoms with Crippen LogP contribution in [0, 0.1) is 13.8 Å². The molecule has 0 saturated carbocycles. The third kappa shape index (κ3) is 4.03. The number of aromatic nitrogens is 5. The van der Waals surface area contributed by atoms with Gasteiger partial charge in [-0.05, 0) is 44.5 Å². The first kappa shape index (κ1) is 21.8. The van der Waals surface area contributed by atoms with Crippen LogP contribution in [0.25, 0.3) is 17.2 Å². The lowest BCUT2D eigenvalue weighted by molar-refractivity contribution is -0.116. The van der Waals surface area contributed by atoms with E-state index in [4.69, 9.17) is 0 Å². The number of anilines is 2. The van der Waals surface area contributed by atoms with Crippen LogP contribution < -0.4 is 15.8 Å². The summed E-state index contributed by atoms with van der Waals surface area (Å²) in [7, 11) is 0. The largest absolute Gasteiger partial charge is 0.394 e. The van der Waals surface area contributed by atoms with E-state index < -0.39 is 0 Å². The van der Waals surface area contributed by atoms with E-state index >= 15 is 0 Å². The number of carbonyl (C=O) groups excluding carboxylic acids is 1. The summed E-state index contributed by atoms with van der Waals surface area (Å²) in [5.74, 6) is 1.17. The highest BCUT2D eigenvalue weighted by Crippen LogP contribution is 2.26. The number of hydrogen-bond acceptors (Lipinski definition) is 7. The van der Waals surface area contributed by atoms with Gasteiger partial charge in [-0.15, -0.1) is 5.10 Å². The number of rotatable bonds is 6. The fourth-order valence-corrected chi connectivity index (χ4v) is 4.02. The lowest BCUT2D eigenvalue weighted by Crippen LogP contribution is -2.50. The Balaban J connectivity index is 1.43. The topological polar surface area (TPSA) is 118 Å². The quantitative estimate of drug-likeness (QED) is 0.451. The molecular weight excluding hydrogens is 434 g/mol. The van der Waals surface area contributed by atoms with Gasteiger partial charge >= 0.3 is 0 Å². The van der Waals surface area contributed by atoms with E-state index in [-0.39, 0.29) is 36.4 Å². The highest BCUT2D eigenvalue weighted by molar-refractivity contribution is 5.90. The average Bonchev–Trinajstić information content (AvgIpc) is 3.24. The van der Waals surface area contributed by atoms with Crippen molar-refractivity contribution in [3.05, 3.63) is 70.3 Å². The number of pyridine rings is 1. The molecule has 1 aromatic carbocycles. The van der Waals surface area contributed by atoms with Gasteiger partial charge in [-0.1, -0.05) is 17.7 Å². The van der Waals surface area contributed by atoms with Crippen molar-refractivity contribution in [3.63, 3.8) is 0 Å². The van der Waals surface area contributed by atoms with E-state index in [0.29, 0.717) is 22.8 Å². The number of nitrogens with zero attached hydrogens (tertiary/aromatic N) is 6. The smallest absolute Gasteiger partial charge is 0.275 e. The fourth-order valence-electron chi connectivity index (χ4n) is 4.02. The molecule has 0 radical (unpaired) electrons. The number of fused-ring (bicyclic) bond motifs is 1. The van der Waals surface area contributed by atoms with E-state index in [1.54, 1.807) is 17.7 Å². The maximum absolute atomic E-state index is 12.7. The normalized spacial score (nSPS) is 15.4. The minimum Gasteiger partial charge on any atom is -0.394 e. The van der Waals surface area contributed by atoms with E-state index in [1.807, 2.05) is 48.2 Å². The van der Waals surface area contributed by atoms with Crippen molar-refractivity contribution in [1.29, 1.82) is 0 Å². The minimum atomic E-state index is -0.322. The summed E-state index contributed by atoms with van der Waals surface area (Å²) in [5.41, 5.74) is 2.74. The Bertz CT molecular complexity index is 1410. The van der Waals surface area contributed by atoms with Gasteiger partial charge in [-0.25, -0.2) is 4.98 Å². The van der Waals surface area contributed by atoms with E-state index in [1.165, 1.54) is 10.6 Å². The standard InChI is InChI=1S/C24H25N7O3/c1-15-3-6-18(7-4-15)26-21(33)13-30-16(2)11-22(34)31-24(30)27-23(28-31)17-5-8-20(25-12-17)29-10-9-19(29)14-32/h3-8,11-12,19,32H,9-10,13-14H2,1-2H3,(H,26,33). The molecule has 34 heavy (non-hydrogen) atoms. The minimum absolute atomic E-state index is 0.0175. The maximum Gasteiger partial charge on any atom is 0.275 e. The molecule has 10 nitrogen and oxygen atoms in total. The monoisotopic (exact) mass is 459 g/mol. The zero-order valence-corrected chi connectivity index (χ0v) is 19.0. The first-order valence-electron chi connectivity index (χ1n) is 11.1. The number of aliphatic hydroxyl groups excluding tert-OH is 1. The lowest BCUT2D eigenvalue weighted by atomic mass is 10.0. The van der Waals surface area contributed by atoms with Crippen molar-refractivity contribution in [2.24, 2.45) is 0 Å². The Morgan fingerprint density at radius 1 is 1.18 bits per heavy atom. The molecule has 174 valence electrons. The van der Waals surface area contributed by atoms with Gasteiger partial charge in [0.25, 0.3) is 5.56 Å². The number of aryl methyl sites for hydroxylation is 2. The summed E-state index contributed by atoms with van der Waals surface area (Å²) >= 11 is 0. The third-order valence-electron chi connectivity index (χ3n) is 6.09. The second kappa shape index (κ2) is 8.71. The van der Waals surface area contributed by atoms with Gasteiger partial charge < -0.3 is 19.9 Å². The van der Waals surface area contributed by atoms with Gasteiger partial charge in [0.15, 0.2) is 5.82 Å². The highest BCUT2D eigenvalue weighted by atomic mass is 16.3. The summed E-state index contributed by atoms with van der Waals surface area (Å²) < 4.78 is 2.86. The molecule has 0 aliphatic carbocycles. The molecule has 2 N–H and O–H groups in total. The first-order valence-corrected chi connectivity index (χ1v) is 11.1. The number of carbonyl (C=O) groups is 1. The zero-order chi connectivity index (χ0) is 23.8. The molecule has 5 rings (SSSR count). The van der Waals surface area contributed by atoms with Crippen molar-refractivity contribution in [2.45, 2.75) is 32.9 Å². The number of aliphatic hydroxyl groups is 1. The number of amides is 1. The Kier molecular flexibility index (Phi) is 5.58. The van der Waals surface area contributed by atoms with Crippen LogP contribution in [0.3, 0.4) is 0 Å². The van der Waals surface area contributed by atoms with Crippen LogP contribution in [0.15, 0.2) is 53.5 Å². The third-order valence-corrected chi connectivity index (χ3v) is 6.09. The van der Waals surface area contributed by atoms with Gasteiger partial charge in [0.2, 0.25) is 11.7 Å². The molecule has 1 fully saturated rings. The second-order valence-electron chi connectivity index (χ2n) is 8.50. The van der Waals surface area contributed by atoms with Crippen molar-refractivity contribution < 1.29 is 9.90 Å². The average molecular weight is 460 g/mol. The molecule has 1 unspecified atom stereocenters. The van der Waals surface area contributed by atoms with Gasteiger partial charge in [0.1, 0.15) is 12.4 Å². The van der Waals surface area contributed by atoms with E-state index in [2.05, 4.69) is 20.4 Å². The van der Waals surface area contributed by atoms with Gasteiger partial charge in [-0.2, -0.15) is 9.50 Å². The Hall–Kier alpha value is -4.05. The predicted octanol–water partition coefficient (Wildman–Crippen LogP) is 1.78. The molecule has 1 saturated heterocycles. The molecular formula is C24H25N7O3. The first-order chi connectivity index (χ1) is 16.4. The summed E-state index contributed by atoms with van der Waals surface area (Å²) in [5, 5.41) is 16.7. The number of benzene rings is 1. The molecule has 10 heteroatoms. The van der Waals surface area contributed by atoms with Crippen LogP contribution in [0.2, 0.25) is 0 Å². The summed E-state index contributed by atoms with van der Waals surface area (Å²) in [4.78, 5) is 36.4. The zero-order valence-electron chi connectivity index (χ0n) is 19.0. The Morgan fingerprint density at radius 3 is 2.62 bits per heavy atom.